The number of halogens is 3. The van der Waals surface area contributed by atoms with E-state index in [1.165, 1.54) is 11.9 Å². The number of nitrogens with zero attached hydrogens (tertiary/aromatic N) is 3. The van der Waals surface area contributed by atoms with Crippen LogP contribution < -0.4 is 0 Å². The van der Waals surface area contributed by atoms with Crippen LogP contribution in [0.5, 0.6) is 0 Å². The summed E-state index contributed by atoms with van der Waals surface area (Å²) < 4.78 is 31.0. The summed E-state index contributed by atoms with van der Waals surface area (Å²) in [7, 11) is 2.56. The van der Waals surface area contributed by atoms with E-state index in [0.717, 1.165) is 31.4 Å². The van der Waals surface area contributed by atoms with Crippen LogP contribution in [0.1, 0.15) is 31.8 Å². The summed E-state index contributed by atoms with van der Waals surface area (Å²) in [5.74, 6) is -2.70. The first kappa shape index (κ1) is 23.8. The summed E-state index contributed by atoms with van der Waals surface area (Å²) in [6, 6.07) is 3.92. The van der Waals surface area contributed by atoms with Gasteiger partial charge in [0.05, 0.1) is 17.0 Å². The molecule has 0 aliphatic carbocycles. The lowest BCUT2D eigenvalue weighted by Gasteiger charge is -2.06. The van der Waals surface area contributed by atoms with Crippen LogP contribution in [0.25, 0.3) is 0 Å². The summed E-state index contributed by atoms with van der Waals surface area (Å²) >= 11 is 2.97. The van der Waals surface area contributed by atoms with Crippen molar-refractivity contribution in [3.8, 4) is 0 Å². The molecule has 1 amide bonds. The van der Waals surface area contributed by atoms with Gasteiger partial charge in [-0.3, -0.25) is 25.0 Å². The van der Waals surface area contributed by atoms with Crippen LogP contribution >= 0.6 is 15.9 Å². The Hall–Kier alpha value is -3.48. The number of alkyl halides is 1. The number of hydrogen-bond donors (Lipinski definition) is 0. The quantitative estimate of drug-likeness (QED) is 0.269. The van der Waals surface area contributed by atoms with Gasteiger partial charge < -0.3 is 9.64 Å². The molecule has 2 aromatic rings. The van der Waals surface area contributed by atoms with E-state index < -0.39 is 39.0 Å². The van der Waals surface area contributed by atoms with Crippen LogP contribution in [0.2, 0.25) is 0 Å². The molecule has 0 saturated heterocycles. The topological polar surface area (TPSA) is 133 Å². The third-order valence-corrected chi connectivity index (χ3v) is 4.90. The number of nitro groups is 2. The molecule has 1 aliphatic heterocycles. The molecule has 0 unspecified atom stereocenters. The Kier molecular flexibility index (Phi) is 7.33. The number of methoxy groups -OCH3 is 1. The zero-order valence-electron chi connectivity index (χ0n) is 16.1. The molecule has 0 fully saturated rings. The number of carbonyl (C=O) groups is 2. The minimum Gasteiger partial charge on any atom is -0.465 e. The van der Waals surface area contributed by atoms with Crippen molar-refractivity contribution in [3.63, 3.8) is 0 Å². The first-order chi connectivity index (χ1) is 14.5. The molecule has 0 saturated carbocycles. The summed E-state index contributed by atoms with van der Waals surface area (Å²) in [4.78, 5) is 44.0. The number of ether oxygens (including phenoxy) is 1. The van der Waals surface area contributed by atoms with Gasteiger partial charge in [0.25, 0.3) is 17.3 Å². The minimum atomic E-state index is -0.930. The van der Waals surface area contributed by atoms with Gasteiger partial charge in [0, 0.05) is 42.2 Å². The van der Waals surface area contributed by atoms with E-state index in [1.807, 2.05) is 0 Å². The molecule has 1 aliphatic rings. The second-order valence-electron chi connectivity index (χ2n) is 6.14. The van der Waals surface area contributed by atoms with Gasteiger partial charge in [-0.1, -0.05) is 15.9 Å². The lowest BCUT2D eigenvalue weighted by Crippen LogP contribution is -2.18. The van der Waals surface area contributed by atoms with Crippen molar-refractivity contribution in [2.45, 2.75) is 11.9 Å². The van der Waals surface area contributed by atoms with Gasteiger partial charge in [0.2, 0.25) is 0 Å². The van der Waals surface area contributed by atoms with Crippen molar-refractivity contribution in [2.24, 2.45) is 0 Å². The van der Waals surface area contributed by atoms with Crippen LogP contribution in [0, 0.1) is 31.9 Å². The maximum atomic E-state index is 13.3. The molecule has 0 bridgehead atoms. The highest BCUT2D eigenvalue weighted by Gasteiger charge is 2.34. The lowest BCUT2D eigenvalue weighted by atomic mass is 10.1. The lowest BCUT2D eigenvalue weighted by molar-refractivity contribution is -0.385. The smallest absolute Gasteiger partial charge is 0.345 e. The van der Waals surface area contributed by atoms with Gasteiger partial charge >= 0.3 is 5.97 Å². The molecule has 13 heteroatoms. The van der Waals surface area contributed by atoms with E-state index in [-0.39, 0.29) is 39.8 Å². The summed E-state index contributed by atoms with van der Waals surface area (Å²) in [6.07, 6.45) is 0. The number of rotatable bonds is 4. The average Bonchev–Trinajstić information content (AvgIpc) is 3.03. The van der Waals surface area contributed by atoms with E-state index in [1.54, 1.807) is 0 Å². The highest BCUT2D eigenvalue weighted by atomic mass is 79.9. The fraction of sp³-hybridized carbons (Fsp3) is 0.222. The van der Waals surface area contributed by atoms with Crippen LogP contribution in [0.3, 0.4) is 0 Å². The van der Waals surface area contributed by atoms with Gasteiger partial charge in [-0.05, 0) is 12.1 Å². The third kappa shape index (κ3) is 4.66. The Morgan fingerprint density at radius 2 is 1.68 bits per heavy atom. The zero-order valence-corrected chi connectivity index (χ0v) is 17.6. The fourth-order valence-corrected chi connectivity index (χ4v) is 3.43. The number of nitro benzene ring substituents is 2. The van der Waals surface area contributed by atoms with E-state index in [4.69, 9.17) is 0 Å². The van der Waals surface area contributed by atoms with Crippen molar-refractivity contribution in [3.05, 3.63) is 78.4 Å². The third-order valence-electron chi connectivity index (χ3n) is 4.34. The average molecular weight is 502 g/mol. The molecule has 1 heterocycles. The molecule has 2 aromatic carbocycles. The van der Waals surface area contributed by atoms with Gasteiger partial charge in [-0.2, -0.15) is 0 Å². The minimum absolute atomic E-state index is 0.00898. The van der Waals surface area contributed by atoms with Crippen LogP contribution in [0.15, 0.2) is 24.3 Å². The van der Waals surface area contributed by atoms with Crippen LogP contribution in [0.4, 0.5) is 20.2 Å². The number of carbonyl (C=O) groups excluding carboxylic acids is 2. The Balaban J connectivity index is 0.000000220. The predicted molar refractivity (Wildman–Crippen MR) is 106 cm³/mol. The Morgan fingerprint density at radius 1 is 1.13 bits per heavy atom. The summed E-state index contributed by atoms with van der Waals surface area (Å²) in [6.45, 7) is 0.0850. The van der Waals surface area contributed by atoms with Gasteiger partial charge in [0.1, 0.15) is 22.8 Å². The largest absolute Gasteiger partial charge is 0.465 e. The predicted octanol–water partition coefficient (Wildman–Crippen LogP) is 3.73. The molecular weight excluding hydrogens is 488 g/mol. The number of hydrogen-bond acceptors (Lipinski definition) is 7. The molecule has 164 valence electrons. The fourth-order valence-electron chi connectivity index (χ4n) is 2.88. The molecule has 31 heavy (non-hydrogen) atoms. The van der Waals surface area contributed by atoms with Gasteiger partial charge in [-0.25, -0.2) is 13.6 Å². The zero-order chi connectivity index (χ0) is 23.5. The van der Waals surface area contributed by atoms with E-state index in [0.29, 0.717) is 0 Å². The first-order valence-electron chi connectivity index (χ1n) is 8.36. The molecule has 3 rings (SSSR count). The van der Waals surface area contributed by atoms with E-state index in [9.17, 15) is 38.6 Å². The molecule has 0 atom stereocenters. The Bertz CT molecular complexity index is 1090. The van der Waals surface area contributed by atoms with Crippen molar-refractivity contribution >= 4 is 39.2 Å². The molecule has 0 aromatic heterocycles. The van der Waals surface area contributed by atoms with E-state index in [2.05, 4.69) is 20.7 Å². The van der Waals surface area contributed by atoms with Gasteiger partial charge in [-0.15, -0.1) is 0 Å². The number of fused-ring (bicyclic) bond motifs is 1. The maximum Gasteiger partial charge on any atom is 0.345 e. The van der Waals surface area contributed by atoms with Gasteiger partial charge in [0.15, 0.2) is 0 Å². The second kappa shape index (κ2) is 9.55. The number of amides is 1. The molecule has 10 nitrogen and oxygen atoms in total. The summed E-state index contributed by atoms with van der Waals surface area (Å²) in [5.41, 5.74) is -1.26. The maximum absolute atomic E-state index is 13.3. The highest BCUT2D eigenvalue weighted by Crippen LogP contribution is 2.31. The molecule has 0 spiro atoms. The Morgan fingerprint density at radius 3 is 2.19 bits per heavy atom. The van der Waals surface area contributed by atoms with Crippen LogP contribution in [-0.2, 0) is 16.6 Å². The van der Waals surface area contributed by atoms with E-state index >= 15 is 0 Å². The summed E-state index contributed by atoms with van der Waals surface area (Å²) in [5, 5.41) is 21.3. The first-order valence-corrected chi connectivity index (χ1v) is 9.48. The van der Waals surface area contributed by atoms with Crippen molar-refractivity contribution in [1.29, 1.82) is 0 Å². The van der Waals surface area contributed by atoms with Crippen molar-refractivity contribution in [2.75, 3.05) is 14.2 Å². The normalized spacial score (nSPS) is 12.0. The van der Waals surface area contributed by atoms with Crippen molar-refractivity contribution < 1.29 is 33.0 Å². The molecule has 0 N–H and O–H groups in total. The highest BCUT2D eigenvalue weighted by molar-refractivity contribution is 9.08. The molecular formula is C18H14BrF2N3O7. The number of benzene rings is 2. The Labute approximate surface area is 181 Å². The monoisotopic (exact) mass is 501 g/mol. The second-order valence-corrected chi connectivity index (χ2v) is 6.70. The van der Waals surface area contributed by atoms with Crippen molar-refractivity contribution in [1.82, 2.24) is 4.90 Å². The van der Waals surface area contributed by atoms with Crippen LogP contribution in [-0.4, -0.2) is 40.8 Å². The standard InChI is InChI=1S/C9H7BrFNO4.C9H7FN2O3/c1-16-9(13)8-5(4-10)6(11)2-3-7(8)12(14)15;1-11-4-5-6(10)2-3-7(12(14)15)8(5)9(11)13/h2-3H,4H2,1H3;2-3H,4H2,1H3. The SMILES string of the molecule is CN1Cc2c(F)ccc([N+](=O)[O-])c2C1=O.COC(=O)c1c([N+](=O)[O-])ccc(F)c1CBr. The molecule has 0 radical (unpaired) electrons. The number of esters is 1.